The second-order valence-electron chi connectivity index (χ2n) is 8.54. The van der Waals surface area contributed by atoms with Crippen molar-refractivity contribution in [1.29, 1.82) is 0 Å². The summed E-state index contributed by atoms with van der Waals surface area (Å²) in [5.41, 5.74) is 0.911. The Morgan fingerprint density at radius 1 is 0.906 bits per heavy atom. The summed E-state index contributed by atoms with van der Waals surface area (Å²) >= 11 is 0. The number of anilines is 3. The van der Waals surface area contributed by atoms with E-state index in [1.807, 2.05) is 34.6 Å². The molecule has 2 aromatic carbocycles. The Balaban J connectivity index is 1.56. The normalized spacial score (nSPS) is 11.2. The van der Waals surface area contributed by atoms with Crippen molar-refractivity contribution in [2.75, 3.05) is 16.0 Å². The molecule has 0 aliphatic heterocycles. The third-order valence-electron chi connectivity index (χ3n) is 4.26. The van der Waals surface area contributed by atoms with Crippen LogP contribution in [0, 0.1) is 5.92 Å². The van der Waals surface area contributed by atoms with E-state index in [0.717, 1.165) is 0 Å². The van der Waals surface area contributed by atoms with E-state index in [4.69, 9.17) is 9.15 Å². The Labute approximate surface area is 186 Å². The van der Waals surface area contributed by atoms with E-state index < -0.39 is 6.03 Å². The number of rotatable bonds is 6. The molecule has 168 valence electrons. The van der Waals surface area contributed by atoms with Crippen LogP contribution in [0.3, 0.4) is 0 Å². The molecule has 0 aliphatic rings. The van der Waals surface area contributed by atoms with Gasteiger partial charge in [0.25, 0.3) is 0 Å². The van der Waals surface area contributed by atoms with Gasteiger partial charge in [-0.1, -0.05) is 45.8 Å². The van der Waals surface area contributed by atoms with Crippen molar-refractivity contribution in [3.63, 3.8) is 0 Å². The van der Waals surface area contributed by atoms with E-state index in [-0.39, 0.29) is 23.3 Å². The van der Waals surface area contributed by atoms with E-state index in [1.165, 1.54) is 0 Å². The van der Waals surface area contributed by atoms with Crippen LogP contribution in [-0.4, -0.2) is 22.1 Å². The maximum Gasteiger partial charge on any atom is 0.327 e. The molecule has 0 spiro atoms. The summed E-state index contributed by atoms with van der Waals surface area (Å²) < 4.78 is 11.3. The molecule has 1 heterocycles. The molecule has 3 rings (SSSR count). The van der Waals surface area contributed by atoms with Gasteiger partial charge in [-0.2, -0.15) is 0 Å². The first-order valence-electron chi connectivity index (χ1n) is 10.2. The number of amides is 3. The maximum absolute atomic E-state index is 12.2. The van der Waals surface area contributed by atoms with Crippen LogP contribution in [0.5, 0.6) is 11.5 Å². The Kier molecular flexibility index (Phi) is 6.77. The highest BCUT2D eigenvalue weighted by molar-refractivity contribution is 5.98. The maximum atomic E-state index is 12.2. The molecule has 0 radical (unpaired) electrons. The van der Waals surface area contributed by atoms with Gasteiger partial charge in [-0.15, -0.1) is 5.10 Å². The van der Waals surface area contributed by atoms with Crippen molar-refractivity contribution in [3.05, 3.63) is 54.4 Å². The summed E-state index contributed by atoms with van der Waals surface area (Å²) in [6, 6.07) is 13.5. The number of carbonyl (C=O) groups excluding carboxylic acids is 2. The summed E-state index contributed by atoms with van der Waals surface area (Å²) in [5, 5.41) is 15.8. The predicted octanol–water partition coefficient (Wildman–Crippen LogP) is 5.40. The van der Waals surface area contributed by atoms with Crippen molar-refractivity contribution in [2.45, 2.75) is 40.0 Å². The number of urea groups is 1. The lowest BCUT2D eigenvalue weighted by atomic mass is 9.97. The Morgan fingerprint density at radius 2 is 1.62 bits per heavy atom. The summed E-state index contributed by atoms with van der Waals surface area (Å²) in [7, 11) is 0. The molecule has 0 saturated carbocycles. The van der Waals surface area contributed by atoms with Crippen LogP contribution >= 0.6 is 0 Å². The van der Waals surface area contributed by atoms with Gasteiger partial charge in [-0.25, -0.2) is 4.79 Å². The van der Waals surface area contributed by atoms with Gasteiger partial charge < -0.3 is 19.8 Å². The molecule has 9 nitrogen and oxygen atoms in total. The zero-order valence-corrected chi connectivity index (χ0v) is 18.7. The smallest absolute Gasteiger partial charge is 0.327 e. The molecular weight excluding hydrogens is 410 g/mol. The van der Waals surface area contributed by atoms with Crippen LogP contribution in [0.15, 0.2) is 52.9 Å². The highest BCUT2D eigenvalue weighted by Crippen LogP contribution is 2.26. The molecule has 0 saturated heterocycles. The molecule has 0 unspecified atom stereocenters. The number of nitrogens with one attached hydrogen (secondary N) is 3. The Bertz CT molecular complexity index is 1080. The van der Waals surface area contributed by atoms with Gasteiger partial charge in [0.2, 0.25) is 11.8 Å². The van der Waals surface area contributed by atoms with Crippen molar-refractivity contribution < 1.29 is 18.7 Å². The number of benzene rings is 2. The highest BCUT2D eigenvalue weighted by atomic mass is 16.5. The number of hydrogen-bond acceptors (Lipinski definition) is 6. The van der Waals surface area contributed by atoms with Crippen LogP contribution in [0.2, 0.25) is 0 Å². The molecule has 3 amide bonds. The van der Waals surface area contributed by atoms with E-state index in [9.17, 15) is 9.59 Å². The third kappa shape index (κ3) is 6.31. The van der Waals surface area contributed by atoms with Crippen LogP contribution in [0.4, 0.5) is 22.2 Å². The molecule has 3 aromatic rings. The minimum Gasteiger partial charge on any atom is -0.457 e. The van der Waals surface area contributed by atoms with Crippen LogP contribution < -0.4 is 20.7 Å². The number of aromatic nitrogens is 2. The van der Waals surface area contributed by atoms with E-state index in [2.05, 4.69) is 26.1 Å². The highest BCUT2D eigenvalue weighted by Gasteiger charge is 2.22. The predicted molar refractivity (Wildman–Crippen MR) is 122 cm³/mol. The van der Waals surface area contributed by atoms with Gasteiger partial charge >= 0.3 is 12.0 Å². The van der Waals surface area contributed by atoms with Gasteiger partial charge in [0, 0.05) is 28.8 Å². The lowest BCUT2D eigenvalue weighted by Gasteiger charge is -2.11. The number of nitrogens with zero attached hydrogens (tertiary/aromatic N) is 2. The lowest BCUT2D eigenvalue weighted by molar-refractivity contribution is -0.118. The van der Waals surface area contributed by atoms with E-state index in [1.54, 1.807) is 48.5 Å². The number of hydrogen-bond donors (Lipinski definition) is 3. The second kappa shape index (κ2) is 9.51. The van der Waals surface area contributed by atoms with Gasteiger partial charge in [0.15, 0.2) is 0 Å². The van der Waals surface area contributed by atoms with Gasteiger partial charge in [0.1, 0.15) is 11.5 Å². The molecule has 0 bridgehead atoms. The topological polar surface area (TPSA) is 118 Å². The average Bonchev–Trinajstić information content (AvgIpc) is 3.18. The zero-order valence-electron chi connectivity index (χ0n) is 18.7. The van der Waals surface area contributed by atoms with Crippen LogP contribution in [0.25, 0.3) is 0 Å². The average molecular weight is 438 g/mol. The SMILES string of the molecule is CC(C)C(=O)Nc1cccc(Oc2ccc(NC(=O)Nc3nnc(C(C)(C)C)o3)cc2)c1. The monoisotopic (exact) mass is 437 g/mol. The first kappa shape index (κ1) is 22.8. The minimum atomic E-state index is -0.503. The van der Waals surface area contributed by atoms with Gasteiger partial charge in [0.05, 0.1) is 0 Å². The molecule has 32 heavy (non-hydrogen) atoms. The lowest BCUT2D eigenvalue weighted by Crippen LogP contribution is -2.19. The fourth-order valence-electron chi connectivity index (χ4n) is 2.50. The van der Waals surface area contributed by atoms with Gasteiger partial charge in [-0.3, -0.25) is 10.1 Å². The number of ether oxygens (including phenoxy) is 1. The molecule has 0 aliphatic carbocycles. The fourth-order valence-corrected chi connectivity index (χ4v) is 2.50. The molecule has 0 atom stereocenters. The molecule has 9 heteroatoms. The summed E-state index contributed by atoms with van der Waals surface area (Å²) in [6.07, 6.45) is 0. The standard InChI is InChI=1S/C23H27N5O4/c1-14(2)19(29)24-16-7-6-8-18(13-16)31-17-11-9-15(10-12-17)25-21(30)26-22-28-27-20(32-22)23(3,4)5/h6-14H,1-5H3,(H,24,29)(H2,25,26,28,30). The van der Waals surface area contributed by atoms with Crippen molar-refractivity contribution in [3.8, 4) is 11.5 Å². The third-order valence-corrected chi connectivity index (χ3v) is 4.26. The largest absolute Gasteiger partial charge is 0.457 e. The Hall–Kier alpha value is -3.88. The van der Waals surface area contributed by atoms with Crippen LogP contribution in [-0.2, 0) is 10.2 Å². The van der Waals surface area contributed by atoms with E-state index >= 15 is 0 Å². The summed E-state index contributed by atoms with van der Waals surface area (Å²) in [6.45, 7) is 9.47. The zero-order chi connectivity index (χ0) is 23.3. The first-order valence-corrected chi connectivity index (χ1v) is 10.2. The second-order valence-corrected chi connectivity index (χ2v) is 8.54. The first-order chi connectivity index (χ1) is 15.1. The Morgan fingerprint density at radius 3 is 2.25 bits per heavy atom. The van der Waals surface area contributed by atoms with Crippen molar-refractivity contribution >= 4 is 29.3 Å². The van der Waals surface area contributed by atoms with Crippen molar-refractivity contribution in [2.24, 2.45) is 5.92 Å². The van der Waals surface area contributed by atoms with Crippen molar-refractivity contribution in [1.82, 2.24) is 10.2 Å². The summed E-state index contributed by atoms with van der Waals surface area (Å²) in [5.74, 6) is 1.41. The molecule has 3 N–H and O–H groups in total. The molecular formula is C23H27N5O4. The molecule has 0 fully saturated rings. The summed E-state index contributed by atoms with van der Waals surface area (Å²) in [4.78, 5) is 24.0. The fraction of sp³-hybridized carbons (Fsp3) is 0.304. The quantitative estimate of drug-likeness (QED) is 0.475. The van der Waals surface area contributed by atoms with Gasteiger partial charge in [-0.05, 0) is 36.4 Å². The molecule has 1 aromatic heterocycles. The van der Waals surface area contributed by atoms with Crippen LogP contribution in [0.1, 0.15) is 40.5 Å². The van der Waals surface area contributed by atoms with E-state index in [0.29, 0.717) is 28.8 Å². The number of carbonyl (C=O) groups is 2. The minimum absolute atomic E-state index is 0.0248.